The Kier molecular flexibility index (Phi) is 8.21. The number of primary amides is 1. The lowest BCUT2D eigenvalue weighted by molar-refractivity contribution is -0.117. The Bertz CT molecular complexity index is 1200. The van der Waals surface area contributed by atoms with Crippen LogP contribution < -0.4 is 11.1 Å². The van der Waals surface area contributed by atoms with Crippen LogP contribution in [0.4, 0.5) is 5.69 Å². The van der Waals surface area contributed by atoms with Gasteiger partial charge in [-0.3, -0.25) is 9.59 Å². The number of hydrogen-bond donors (Lipinski definition) is 2. The maximum absolute atomic E-state index is 13.3. The van der Waals surface area contributed by atoms with Crippen LogP contribution in [0, 0.1) is 0 Å². The van der Waals surface area contributed by atoms with Crippen LogP contribution in [0.2, 0.25) is 5.02 Å². The van der Waals surface area contributed by atoms with Crippen LogP contribution in [-0.2, 0) is 32.5 Å². The third-order valence-electron chi connectivity index (χ3n) is 4.88. The van der Waals surface area contributed by atoms with Crippen molar-refractivity contribution in [3.8, 4) is 0 Å². The number of halogens is 1. The van der Waals surface area contributed by atoms with Crippen LogP contribution in [0.15, 0.2) is 83.8 Å². The predicted octanol–water partition coefficient (Wildman–Crippen LogP) is 3.24. The van der Waals surface area contributed by atoms with Gasteiger partial charge in [0, 0.05) is 17.3 Å². The van der Waals surface area contributed by atoms with Crippen LogP contribution in [0.3, 0.4) is 0 Å². The molecular weight excluding hydrogens is 462 g/mol. The molecule has 0 atom stereocenters. The molecule has 3 rings (SSSR count). The van der Waals surface area contributed by atoms with Gasteiger partial charge in [0.15, 0.2) is 0 Å². The van der Waals surface area contributed by atoms with E-state index in [1.807, 2.05) is 30.3 Å². The van der Waals surface area contributed by atoms with Crippen molar-refractivity contribution in [2.45, 2.75) is 17.7 Å². The lowest BCUT2D eigenvalue weighted by Crippen LogP contribution is -2.39. The summed E-state index contributed by atoms with van der Waals surface area (Å²) in [6, 6.07) is 21.9. The van der Waals surface area contributed by atoms with Gasteiger partial charge in [0.2, 0.25) is 21.8 Å². The third kappa shape index (κ3) is 7.15. The van der Waals surface area contributed by atoms with Gasteiger partial charge >= 0.3 is 0 Å². The third-order valence-corrected chi connectivity index (χ3v) is 6.99. The van der Waals surface area contributed by atoms with Crippen molar-refractivity contribution >= 4 is 39.1 Å². The summed E-state index contributed by atoms with van der Waals surface area (Å²) in [5, 5.41) is 3.12. The Balaban J connectivity index is 1.75. The first kappa shape index (κ1) is 24.4. The smallest absolute Gasteiger partial charge is 0.243 e. The van der Waals surface area contributed by atoms with Gasteiger partial charge in [-0.2, -0.15) is 4.31 Å². The van der Waals surface area contributed by atoms with Crippen LogP contribution in [0.1, 0.15) is 11.1 Å². The van der Waals surface area contributed by atoms with E-state index < -0.39 is 21.8 Å². The monoisotopic (exact) mass is 485 g/mol. The number of nitrogens with two attached hydrogens (primary N) is 1. The van der Waals surface area contributed by atoms with Crippen molar-refractivity contribution in [1.29, 1.82) is 0 Å². The van der Waals surface area contributed by atoms with E-state index >= 15 is 0 Å². The van der Waals surface area contributed by atoms with Crippen LogP contribution in [0.25, 0.3) is 0 Å². The van der Waals surface area contributed by atoms with Crippen molar-refractivity contribution in [3.63, 3.8) is 0 Å². The summed E-state index contributed by atoms with van der Waals surface area (Å²) in [5.41, 5.74) is 7.35. The van der Waals surface area contributed by atoms with Gasteiger partial charge in [0.25, 0.3) is 0 Å². The van der Waals surface area contributed by atoms with Gasteiger partial charge < -0.3 is 11.1 Å². The van der Waals surface area contributed by atoms with E-state index in [0.29, 0.717) is 17.1 Å². The van der Waals surface area contributed by atoms with Gasteiger partial charge in [-0.1, -0.05) is 54.1 Å². The fourth-order valence-electron chi connectivity index (χ4n) is 3.21. The number of amides is 2. The normalized spacial score (nSPS) is 11.3. The molecule has 0 spiro atoms. The zero-order chi connectivity index (χ0) is 23.8. The van der Waals surface area contributed by atoms with Gasteiger partial charge in [-0.05, 0) is 53.9 Å². The topological polar surface area (TPSA) is 110 Å². The minimum absolute atomic E-state index is 0.0589. The summed E-state index contributed by atoms with van der Waals surface area (Å²) >= 11 is 5.90. The van der Waals surface area contributed by atoms with Crippen LogP contribution in [0.5, 0.6) is 0 Å². The molecule has 0 aromatic heterocycles. The molecule has 0 aliphatic heterocycles. The fourth-order valence-corrected chi connectivity index (χ4v) is 4.73. The molecule has 0 bridgehead atoms. The van der Waals surface area contributed by atoms with Gasteiger partial charge in [-0.25, -0.2) is 8.42 Å². The maximum atomic E-state index is 13.3. The molecule has 2 amide bonds. The Hall–Kier alpha value is -3.20. The Morgan fingerprint density at radius 2 is 1.52 bits per heavy atom. The average molecular weight is 486 g/mol. The summed E-state index contributed by atoms with van der Waals surface area (Å²) in [4.78, 5) is 23.8. The quantitative estimate of drug-likeness (QED) is 0.459. The first-order chi connectivity index (χ1) is 15.7. The van der Waals surface area contributed by atoms with Crippen molar-refractivity contribution in [2.75, 3.05) is 18.4 Å². The molecule has 7 nitrogen and oxygen atoms in total. The van der Waals surface area contributed by atoms with E-state index in [1.165, 1.54) is 24.3 Å². The number of carbonyl (C=O) groups excluding carboxylic acids is 2. The first-order valence-corrected chi connectivity index (χ1v) is 12.0. The lowest BCUT2D eigenvalue weighted by atomic mass is 10.1. The van der Waals surface area contributed by atoms with Gasteiger partial charge in [0.1, 0.15) is 0 Å². The number of carbonyl (C=O) groups is 2. The minimum atomic E-state index is -3.93. The molecule has 3 N–H and O–H groups in total. The molecule has 0 radical (unpaired) electrons. The summed E-state index contributed by atoms with van der Waals surface area (Å²) in [7, 11) is -3.93. The number of nitrogens with one attached hydrogen (secondary N) is 1. The molecule has 0 saturated carbocycles. The second-order valence-corrected chi connectivity index (χ2v) is 9.79. The van der Waals surface area contributed by atoms with Gasteiger partial charge in [0.05, 0.1) is 17.9 Å². The molecule has 0 saturated heterocycles. The van der Waals surface area contributed by atoms with E-state index in [4.69, 9.17) is 17.3 Å². The standard InChI is InChI=1S/C24H24ClN3O4S/c25-20-8-12-22(13-9-20)33(31,32)28(15-14-18-4-2-1-3-5-18)17-24(30)27-21-10-6-19(7-11-21)16-23(26)29/h1-13H,14-17H2,(H2,26,29)(H,27,30). The van der Waals surface area contributed by atoms with Crippen molar-refractivity contribution in [1.82, 2.24) is 4.31 Å². The van der Waals surface area contributed by atoms with E-state index in [1.54, 1.807) is 24.3 Å². The predicted molar refractivity (Wildman–Crippen MR) is 128 cm³/mol. The van der Waals surface area contributed by atoms with E-state index in [-0.39, 0.29) is 24.4 Å². The average Bonchev–Trinajstić information content (AvgIpc) is 2.78. The first-order valence-electron chi connectivity index (χ1n) is 10.2. The Morgan fingerprint density at radius 1 is 0.879 bits per heavy atom. The zero-order valence-corrected chi connectivity index (χ0v) is 19.4. The summed E-state index contributed by atoms with van der Waals surface area (Å²) in [6.45, 7) is -0.235. The summed E-state index contributed by atoms with van der Waals surface area (Å²) in [6.07, 6.45) is 0.545. The summed E-state index contributed by atoms with van der Waals surface area (Å²) in [5.74, 6) is -0.934. The highest BCUT2D eigenvalue weighted by molar-refractivity contribution is 7.89. The molecule has 0 aliphatic rings. The lowest BCUT2D eigenvalue weighted by Gasteiger charge is -2.22. The number of sulfonamides is 1. The maximum Gasteiger partial charge on any atom is 0.243 e. The van der Waals surface area contributed by atoms with E-state index in [9.17, 15) is 18.0 Å². The highest BCUT2D eigenvalue weighted by atomic mass is 35.5. The summed E-state index contributed by atoms with van der Waals surface area (Å²) < 4.78 is 27.7. The molecule has 0 unspecified atom stereocenters. The van der Waals surface area contributed by atoms with E-state index in [2.05, 4.69) is 5.32 Å². The minimum Gasteiger partial charge on any atom is -0.369 e. The number of rotatable bonds is 10. The van der Waals surface area contributed by atoms with Crippen LogP contribution in [-0.4, -0.2) is 37.6 Å². The molecular formula is C24H24ClN3O4S. The SMILES string of the molecule is NC(=O)Cc1ccc(NC(=O)CN(CCc2ccccc2)S(=O)(=O)c2ccc(Cl)cc2)cc1. The second-order valence-electron chi connectivity index (χ2n) is 7.42. The Morgan fingerprint density at radius 3 is 2.12 bits per heavy atom. The molecule has 0 aliphatic carbocycles. The molecule has 3 aromatic rings. The molecule has 3 aromatic carbocycles. The van der Waals surface area contributed by atoms with Crippen molar-refractivity contribution in [2.24, 2.45) is 5.73 Å². The fraction of sp³-hybridized carbons (Fsp3) is 0.167. The second kappa shape index (κ2) is 11.1. The largest absolute Gasteiger partial charge is 0.369 e. The number of anilines is 1. The molecule has 33 heavy (non-hydrogen) atoms. The molecule has 0 heterocycles. The van der Waals surface area contributed by atoms with E-state index in [0.717, 1.165) is 15.4 Å². The van der Waals surface area contributed by atoms with Gasteiger partial charge in [-0.15, -0.1) is 0 Å². The number of benzene rings is 3. The van der Waals surface area contributed by atoms with Crippen molar-refractivity contribution < 1.29 is 18.0 Å². The van der Waals surface area contributed by atoms with Crippen LogP contribution >= 0.6 is 11.6 Å². The highest BCUT2D eigenvalue weighted by Crippen LogP contribution is 2.19. The van der Waals surface area contributed by atoms with Crippen molar-refractivity contribution in [3.05, 3.63) is 95.0 Å². The molecule has 0 fully saturated rings. The highest BCUT2D eigenvalue weighted by Gasteiger charge is 2.26. The molecule has 9 heteroatoms. The number of hydrogen-bond acceptors (Lipinski definition) is 4. The number of nitrogens with zero attached hydrogens (tertiary/aromatic N) is 1. The zero-order valence-electron chi connectivity index (χ0n) is 17.8. The Labute approximate surface area is 198 Å². The molecule has 172 valence electrons.